The van der Waals surface area contributed by atoms with Crippen LogP contribution in [0.3, 0.4) is 0 Å². The fraction of sp³-hybridized carbons (Fsp3) is 0.346. The summed E-state index contributed by atoms with van der Waals surface area (Å²) in [6, 6.07) is 12.5. The molecule has 0 bridgehead atoms. The van der Waals surface area contributed by atoms with E-state index in [2.05, 4.69) is 10.3 Å². The second kappa shape index (κ2) is 12.7. The summed E-state index contributed by atoms with van der Waals surface area (Å²) in [5, 5.41) is 22.2. The molecule has 6 nitrogen and oxygen atoms in total. The van der Waals surface area contributed by atoms with Crippen molar-refractivity contribution >= 4 is 35.0 Å². The molecule has 0 saturated carbocycles. The van der Waals surface area contributed by atoms with E-state index in [0.29, 0.717) is 24.2 Å². The first-order valence-corrected chi connectivity index (χ1v) is 13.4. The maximum absolute atomic E-state index is 13.2. The molecule has 0 fully saturated rings. The Kier molecular flexibility index (Phi) is 9.68. The van der Waals surface area contributed by atoms with Crippen LogP contribution in [0.4, 0.5) is 0 Å². The summed E-state index contributed by atoms with van der Waals surface area (Å²) in [4.78, 5) is 30.1. The van der Waals surface area contributed by atoms with Crippen molar-refractivity contribution < 1.29 is 19.8 Å². The van der Waals surface area contributed by atoms with Crippen LogP contribution in [0.25, 0.3) is 11.1 Å². The summed E-state index contributed by atoms with van der Waals surface area (Å²) in [7, 11) is 0. The summed E-state index contributed by atoms with van der Waals surface area (Å²) >= 11 is 3.12. The van der Waals surface area contributed by atoms with E-state index in [1.807, 2.05) is 55.8 Å². The standard InChI is InChI=1S/C26H30N2O4S2/c1-17-5-3-4-6-21(17)23-13-18(11-19(15-29)12-20-14-27-16-34-20)7-8-22(23)25(30)28-24(26(31)32)9-10-33-2/h3-8,13-14,16,19,24,29H,9-12,15H2,1-2H3,(H,28,30)(H,31,32)/t19?,24-/m0/s1. The van der Waals surface area contributed by atoms with Crippen LogP contribution < -0.4 is 5.32 Å². The van der Waals surface area contributed by atoms with Crippen LogP contribution in [0.1, 0.15) is 32.8 Å². The first kappa shape index (κ1) is 25.9. The van der Waals surface area contributed by atoms with Gasteiger partial charge in [0.2, 0.25) is 0 Å². The summed E-state index contributed by atoms with van der Waals surface area (Å²) in [6.45, 7) is 2.04. The Morgan fingerprint density at radius 3 is 2.59 bits per heavy atom. The van der Waals surface area contributed by atoms with Crippen molar-refractivity contribution in [1.82, 2.24) is 10.3 Å². The minimum absolute atomic E-state index is 0.0350. The number of benzene rings is 2. The molecule has 0 aliphatic rings. The van der Waals surface area contributed by atoms with Gasteiger partial charge in [0.05, 0.1) is 5.51 Å². The molecule has 1 aromatic heterocycles. The molecule has 0 radical (unpaired) electrons. The highest BCUT2D eigenvalue weighted by atomic mass is 32.2. The molecular weight excluding hydrogens is 468 g/mol. The monoisotopic (exact) mass is 498 g/mol. The topological polar surface area (TPSA) is 99.5 Å². The number of thiazole rings is 1. The largest absolute Gasteiger partial charge is 0.480 e. The van der Waals surface area contributed by atoms with Crippen molar-refractivity contribution in [2.45, 2.75) is 32.2 Å². The smallest absolute Gasteiger partial charge is 0.326 e. The summed E-state index contributed by atoms with van der Waals surface area (Å²) in [5.41, 5.74) is 5.95. The molecule has 1 unspecified atom stereocenters. The molecule has 34 heavy (non-hydrogen) atoms. The van der Waals surface area contributed by atoms with Gasteiger partial charge in [-0.05, 0) is 72.4 Å². The van der Waals surface area contributed by atoms with E-state index in [0.717, 1.165) is 33.6 Å². The summed E-state index contributed by atoms with van der Waals surface area (Å²) < 4.78 is 0. The van der Waals surface area contributed by atoms with Crippen molar-refractivity contribution in [2.75, 3.05) is 18.6 Å². The number of aliphatic hydroxyl groups excluding tert-OH is 1. The number of aliphatic hydroxyl groups is 1. The maximum Gasteiger partial charge on any atom is 0.326 e. The molecule has 1 amide bonds. The number of amides is 1. The molecule has 0 aliphatic carbocycles. The lowest BCUT2D eigenvalue weighted by atomic mass is 9.90. The van der Waals surface area contributed by atoms with Crippen molar-refractivity contribution in [3.05, 3.63) is 75.7 Å². The third-order valence-corrected chi connectivity index (χ3v) is 7.18. The molecule has 180 valence electrons. The Hall–Kier alpha value is -2.68. The third kappa shape index (κ3) is 6.91. The second-order valence-electron chi connectivity index (χ2n) is 8.27. The normalized spacial score (nSPS) is 12.8. The number of carbonyl (C=O) groups excluding carboxylic acids is 1. The maximum atomic E-state index is 13.2. The predicted octanol–water partition coefficient (Wildman–Crippen LogP) is 4.45. The molecular formula is C26H30N2O4S2. The van der Waals surface area contributed by atoms with Crippen LogP contribution in [-0.2, 0) is 17.6 Å². The average molecular weight is 499 g/mol. The van der Waals surface area contributed by atoms with E-state index in [9.17, 15) is 19.8 Å². The lowest BCUT2D eigenvalue weighted by Gasteiger charge is -2.19. The van der Waals surface area contributed by atoms with Crippen LogP contribution in [0.15, 0.2) is 54.2 Å². The number of aliphatic carboxylic acids is 1. The molecule has 0 spiro atoms. The SMILES string of the molecule is CSCC[C@H](NC(=O)c1ccc(CC(CO)Cc2cncs2)cc1-c1ccccc1C)C(=O)O. The number of hydrogen-bond acceptors (Lipinski definition) is 6. The van der Waals surface area contributed by atoms with Crippen molar-refractivity contribution in [1.29, 1.82) is 0 Å². The summed E-state index contributed by atoms with van der Waals surface area (Å²) in [5.74, 6) is -0.761. The van der Waals surface area contributed by atoms with Gasteiger partial charge in [0.15, 0.2) is 0 Å². The highest BCUT2D eigenvalue weighted by Gasteiger charge is 2.23. The van der Waals surface area contributed by atoms with Gasteiger partial charge in [-0.2, -0.15) is 11.8 Å². The molecule has 3 rings (SSSR count). The molecule has 3 N–H and O–H groups in total. The van der Waals surface area contributed by atoms with Gasteiger partial charge in [-0.3, -0.25) is 9.78 Å². The average Bonchev–Trinajstić information content (AvgIpc) is 3.34. The van der Waals surface area contributed by atoms with Gasteiger partial charge < -0.3 is 15.5 Å². The minimum Gasteiger partial charge on any atom is -0.480 e. The van der Waals surface area contributed by atoms with Crippen molar-refractivity contribution in [3.63, 3.8) is 0 Å². The van der Waals surface area contributed by atoms with Crippen LogP contribution >= 0.6 is 23.1 Å². The second-order valence-corrected chi connectivity index (χ2v) is 10.2. The van der Waals surface area contributed by atoms with Crippen molar-refractivity contribution in [3.8, 4) is 11.1 Å². The molecule has 0 aliphatic heterocycles. The first-order valence-electron chi connectivity index (χ1n) is 11.1. The van der Waals surface area contributed by atoms with E-state index in [1.165, 1.54) is 0 Å². The molecule has 2 atom stereocenters. The summed E-state index contributed by atoms with van der Waals surface area (Å²) in [6.07, 6.45) is 5.48. The number of carbonyl (C=O) groups is 2. The zero-order valence-corrected chi connectivity index (χ0v) is 21.0. The lowest BCUT2D eigenvalue weighted by molar-refractivity contribution is -0.139. The zero-order chi connectivity index (χ0) is 24.5. The Labute approximate surface area is 208 Å². The molecule has 8 heteroatoms. The quantitative estimate of drug-likeness (QED) is 0.341. The fourth-order valence-corrected chi connectivity index (χ4v) is 5.09. The van der Waals surface area contributed by atoms with Crippen molar-refractivity contribution in [2.24, 2.45) is 5.92 Å². The minimum atomic E-state index is -1.04. The number of thioether (sulfide) groups is 1. The van der Waals surface area contributed by atoms with E-state index in [1.54, 1.807) is 34.7 Å². The molecule has 3 aromatic rings. The number of carboxylic acids is 1. The molecule has 0 saturated heterocycles. The Bertz CT molecular complexity index is 1100. The van der Waals surface area contributed by atoms with Gasteiger partial charge in [0.1, 0.15) is 6.04 Å². The number of carboxylic acid groups (broad SMARTS) is 1. The van der Waals surface area contributed by atoms with E-state index >= 15 is 0 Å². The molecule has 1 heterocycles. The first-order chi connectivity index (χ1) is 16.4. The Balaban J connectivity index is 1.92. The Morgan fingerprint density at radius 2 is 1.94 bits per heavy atom. The van der Waals surface area contributed by atoms with E-state index in [4.69, 9.17) is 0 Å². The molecule has 2 aromatic carbocycles. The Morgan fingerprint density at radius 1 is 1.15 bits per heavy atom. The van der Waals surface area contributed by atoms with Gasteiger partial charge in [-0.25, -0.2) is 4.79 Å². The van der Waals surface area contributed by atoms with Gasteiger partial charge in [0.25, 0.3) is 5.91 Å². The zero-order valence-electron chi connectivity index (χ0n) is 19.4. The fourth-order valence-electron chi connectivity index (χ4n) is 3.91. The van der Waals surface area contributed by atoms with Gasteiger partial charge in [-0.1, -0.05) is 36.4 Å². The van der Waals surface area contributed by atoms with E-state index < -0.39 is 17.9 Å². The number of nitrogens with zero attached hydrogens (tertiary/aromatic N) is 1. The van der Waals surface area contributed by atoms with Crippen LogP contribution in [0, 0.1) is 12.8 Å². The van der Waals surface area contributed by atoms with Crippen LogP contribution in [-0.4, -0.2) is 51.7 Å². The van der Waals surface area contributed by atoms with E-state index in [-0.39, 0.29) is 12.5 Å². The number of aryl methyl sites for hydroxylation is 1. The number of nitrogens with one attached hydrogen (secondary N) is 1. The number of hydrogen-bond donors (Lipinski definition) is 3. The predicted molar refractivity (Wildman–Crippen MR) is 139 cm³/mol. The third-order valence-electron chi connectivity index (χ3n) is 5.73. The van der Waals surface area contributed by atoms with Gasteiger partial charge in [0, 0.05) is 23.2 Å². The van der Waals surface area contributed by atoms with Gasteiger partial charge >= 0.3 is 5.97 Å². The van der Waals surface area contributed by atoms with Crippen LogP contribution in [0.5, 0.6) is 0 Å². The lowest BCUT2D eigenvalue weighted by Crippen LogP contribution is -2.41. The highest BCUT2D eigenvalue weighted by Crippen LogP contribution is 2.29. The van der Waals surface area contributed by atoms with Crippen LogP contribution in [0.2, 0.25) is 0 Å². The van der Waals surface area contributed by atoms with Gasteiger partial charge in [-0.15, -0.1) is 11.3 Å². The number of rotatable bonds is 12. The number of aromatic nitrogens is 1. The highest BCUT2D eigenvalue weighted by molar-refractivity contribution is 7.98.